The molecule has 1 aromatic heterocycles. The van der Waals surface area contributed by atoms with Crippen LogP contribution in [0.25, 0.3) is 0 Å². The van der Waals surface area contributed by atoms with Gasteiger partial charge >= 0.3 is 0 Å². The minimum Gasteiger partial charge on any atom is -0.399 e. The lowest BCUT2D eigenvalue weighted by molar-refractivity contribution is -0.904. The van der Waals surface area contributed by atoms with Crippen molar-refractivity contribution in [1.29, 1.82) is 0 Å². The number of hydrogen-bond acceptors (Lipinski definition) is 3. The van der Waals surface area contributed by atoms with Crippen LogP contribution in [-0.4, -0.2) is 18.5 Å². The maximum Gasteiger partial charge on any atom is 0.222 e. The molecule has 11 heavy (non-hydrogen) atoms. The maximum atomic E-state index is 8.82. The van der Waals surface area contributed by atoms with Gasteiger partial charge in [-0.05, 0) is 0 Å². The first-order valence-electron chi connectivity index (χ1n) is 3.10. The van der Waals surface area contributed by atoms with Gasteiger partial charge < -0.3 is 4.84 Å². The predicted octanol–water partition coefficient (Wildman–Crippen LogP) is 0.192. The van der Waals surface area contributed by atoms with Gasteiger partial charge in [-0.3, -0.25) is 5.21 Å². The van der Waals surface area contributed by atoms with Gasteiger partial charge in [0, 0.05) is 22.4 Å². The Labute approximate surface area is 64.3 Å². The monoisotopic (exact) mass is 153 g/mol. The molecule has 0 aliphatic rings. The fourth-order valence-corrected chi connectivity index (χ4v) is 0.630. The van der Waals surface area contributed by atoms with Crippen molar-refractivity contribution in [3.63, 3.8) is 0 Å². The van der Waals surface area contributed by atoms with E-state index in [4.69, 9.17) is 5.21 Å². The summed E-state index contributed by atoms with van der Waals surface area (Å²) in [6.07, 6.45) is 4.58. The topological polar surface area (TPSA) is 45.7 Å². The van der Waals surface area contributed by atoms with Crippen LogP contribution in [0.2, 0.25) is 0 Å². The third-order valence-electron chi connectivity index (χ3n) is 1.15. The quantitative estimate of drug-likeness (QED) is 0.285. The lowest BCUT2D eigenvalue weighted by atomic mass is 10.3. The zero-order valence-electron chi connectivity index (χ0n) is 6.14. The second-order valence-corrected chi connectivity index (χ2v) is 1.93. The minimum atomic E-state index is 0.872. The fraction of sp³-hybridized carbons (Fsp3) is 0.143. The number of oxime groups is 1. The van der Waals surface area contributed by atoms with Crippen molar-refractivity contribution in [2.75, 3.05) is 7.11 Å². The summed E-state index contributed by atoms with van der Waals surface area (Å²) < 4.78 is 0.962. The van der Waals surface area contributed by atoms with Gasteiger partial charge in [0.2, 0.25) is 12.4 Å². The van der Waals surface area contributed by atoms with E-state index in [1.54, 1.807) is 18.3 Å². The van der Waals surface area contributed by atoms with Crippen LogP contribution in [-0.2, 0) is 4.84 Å². The highest BCUT2D eigenvalue weighted by molar-refractivity contribution is 5.78. The first kappa shape index (κ1) is 7.53. The van der Waals surface area contributed by atoms with Crippen molar-refractivity contribution in [2.45, 2.75) is 0 Å². The average Bonchev–Trinajstić information content (AvgIpc) is 2.04. The Kier molecular flexibility index (Phi) is 2.43. The van der Waals surface area contributed by atoms with Gasteiger partial charge in [-0.2, -0.15) is 0 Å². The molecule has 0 saturated carbocycles. The third kappa shape index (κ3) is 2.25. The molecular weight excluding hydrogens is 144 g/mol. The highest BCUT2D eigenvalue weighted by Crippen LogP contribution is 1.89. The molecule has 1 rings (SSSR count). The Morgan fingerprint density at radius 2 is 2.18 bits per heavy atom. The molecule has 1 N–H and O–H groups in total. The molecule has 0 fully saturated rings. The van der Waals surface area contributed by atoms with Crippen molar-refractivity contribution >= 4 is 6.21 Å². The van der Waals surface area contributed by atoms with Crippen molar-refractivity contribution in [2.24, 2.45) is 5.16 Å². The van der Waals surface area contributed by atoms with Crippen LogP contribution < -0.4 is 4.73 Å². The van der Waals surface area contributed by atoms with Gasteiger partial charge in [-0.15, -0.1) is 0 Å². The van der Waals surface area contributed by atoms with Crippen molar-refractivity contribution < 1.29 is 14.8 Å². The van der Waals surface area contributed by atoms with E-state index in [0.29, 0.717) is 0 Å². The van der Waals surface area contributed by atoms with E-state index >= 15 is 0 Å². The molecule has 0 radical (unpaired) electrons. The van der Waals surface area contributed by atoms with Crippen LogP contribution >= 0.6 is 0 Å². The highest BCUT2D eigenvalue weighted by Gasteiger charge is 1.93. The van der Waals surface area contributed by atoms with Crippen LogP contribution in [0, 0.1) is 0 Å². The molecular formula is C7H9N2O2+. The van der Waals surface area contributed by atoms with Gasteiger partial charge in [-0.1, -0.05) is 5.16 Å². The summed E-state index contributed by atoms with van der Waals surface area (Å²) in [5.74, 6) is 0. The molecule has 1 heterocycles. The number of rotatable bonds is 2. The Balaban J connectivity index is 2.73. The second kappa shape index (κ2) is 3.55. The third-order valence-corrected chi connectivity index (χ3v) is 1.15. The van der Waals surface area contributed by atoms with E-state index in [2.05, 4.69) is 9.99 Å². The zero-order valence-corrected chi connectivity index (χ0v) is 6.14. The number of nitrogens with zero attached hydrogens (tertiary/aromatic N) is 2. The Morgan fingerprint density at radius 1 is 1.55 bits per heavy atom. The normalized spacial score (nSPS) is 10.3. The van der Waals surface area contributed by atoms with E-state index in [1.165, 1.54) is 19.5 Å². The Bertz CT molecular complexity index is 243. The Morgan fingerprint density at radius 3 is 2.73 bits per heavy atom. The first-order valence-corrected chi connectivity index (χ1v) is 3.10. The smallest absolute Gasteiger partial charge is 0.222 e. The summed E-state index contributed by atoms with van der Waals surface area (Å²) in [5, 5.41) is 12.4. The molecule has 0 bridgehead atoms. The number of aromatic nitrogens is 1. The number of hydrogen-bond donors (Lipinski definition) is 1. The molecule has 0 aliphatic heterocycles. The molecule has 0 spiro atoms. The van der Waals surface area contributed by atoms with Crippen molar-refractivity contribution in [3.8, 4) is 0 Å². The van der Waals surface area contributed by atoms with E-state index in [0.717, 1.165) is 10.3 Å². The molecule has 0 amide bonds. The molecule has 0 unspecified atom stereocenters. The van der Waals surface area contributed by atoms with E-state index in [-0.39, 0.29) is 0 Å². The molecule has 4 nitrogen and oxygen atoms in total. The first-order chi connectivity index (χ1) is 5.33. The lowest BCUT2D eigenvalue weighted by Crippen LogP contribution is -2.27. The van der Waals surface area contributed by atoms with Crippen LogP contribution in [0.15, 0.2) is 29.7 Å². The van der Waals surface area contributed by atoms with Gasteiger partial charge in [0.15, 0.2) is 0 Å². The van der Waals surface area contributed by atoms with Gasteiger partial charge in [0.05, 0.1) is 6.21 Å². The summed E-state index contributed by atoms with van der Waals surface area (Å²) in [7, 11) is 1.48. The lowest BCUT2D eigenvalue weighted by Gasteiger charge is -1.87. The minimum absolute atomic E-state index is 0.872. The van der Waals surface area contributed by atoms with Gasteiger partial charge in [0.1, 0.15) is 7.11 Å². The van der Waals surface area contributed by atoms with E-state index < -0.39 is 0 Å². The van der Waals surface area contributed by atoms with Crippen LogP contribution in [0.5, 0.6) is 0 Å². The molecule has 0 aromatic carbocycles. The van der Waals surface area contributed by atoms with Crippen molar-refractivity contribution in [1.82, 2.24) is 0 Å². The molecule has 1 aromatic rings. The van der Waals surface area contributed by atoms with E-state index in [1.807, 2.05) is 0 Å². The highest BCUT2D eigenvalue weighted by atomic mass is 16.6. The van der Waals surface area contributed by atoms with Gasteiger partial charge in [-0.25, -0.2) is 0 Å². The average molecular weight is 153 g/mol. The zero-order chi connectivity index (χ0) is 8.10. The maximum absolute atomic E-state index is 8.82. The van der Waals surface area contributed by atoms with Crippen LogP contribution in [0.3, 0.4) is 0 Å². The summed E-state index contributed by atoms with van der Waals surface area (Å²) in [6, 6.07) is 3.42. The molecule has 4 heteroatoms. The number of pyridine rings is 1. The predicted molar refractivity (Wildman–Crippen MR) is 38.4 cm³/mol. The standard InChI is InChI=1S/C7H9N2O2/c1-11-8-6-7-2-4-9(10)5-3-7/h2-6,10H,1H3/q+1. The summed E-state index contributed by atoms with van der Waals surface area (Å²) in [6.45, 7) is 0. The molecule has 0 aliphatic carbocycles. The largest absolute Gasteiger partial charge is 0.399 e. The van der Waals surface area contributed by atoms with Crippen LogP contribution in [0.1, 0.15) is 5.56 Å². The summed E-state index contributed by atoms with van der Waals surface area (Å²) in [4.78, 5) is 4.48. The Hall–Kier alpha value is -1.58. The summed E-state index contributed by atoms with van der Waals surface area (Å²) in [5.41, 5.74) is 0.872. The SMILES string of the molecule is CON=Cc1cc[n+](O)cc1. The van der Waals surface area contributed by atoms with Crippen LogP contribution in [0.4, 0.5) is 0 Å². The molecule has 0 atom stereocenters. The summed E-state index contributed by atoms with van der Waals surface area (Å²) >= 11 is 0. The fourth-order valence-electron chi connectivity index (χ4n) is 0.630. The van der Waals surface area contributed by atoms with E-state index in [9.17, 15) is 0 Å². The molecule has 0 saturated heterocycles. The second-order valence-electron chi connectivity index (χ2n) is 1.93. The molecule has 58 valence electrons. The van der Waals surface area contributed by atoms with Crippen molar-refractivity contribution in [3.05, 3.63) is 30.1 Å². The van der Waals surface area contributed by atoms with Gasteiger partial charge in [0.25, 0.3) is 0 Å².